The predicted molar refractivity (Wildman–Crippen MR) is 82.1 cm³/mol. The fraction of sp³-hybridized carbons (Fsp3) is 0.375. The first-order valence-electron chi connectivity index (χ1n) is 7.36. The Balaban J connectivity index is 1.40. The normalized spacial score (nSPS) is 24.1. The van der Waals surface area contributed by atoms with Crippen LogP contribution in [0.25, 0.3) is 0 Å². The zero-order chi connectivity index (χ0) is 15.1. The van der Waals surface area contributed by atoms with Crippen LogP contribution in [0.4, 0.5) is 4.39 Å². The van der Waals surface area contributed by atoms with E-state index in [2.05, 4.69) is 9.88 Å². The fourth-order valence-electron chi connectivity index (χ4n) is 3.44. The van der Waals surface area contributed by atoms with E-state index >= 15 is 0 Å². The first kappa shape index (κ1) is 13.8. The Morgan fingerprint density at radius 3 is 3.05 bits per heavy atom. The maximum Gasteiger partial charge on any atom is 0.273 e. The lowest BCUT2D eigenvalue weighted by Gasteiger charge is -2.43. The molecule has 0 aliphatic carbocycles. The number of aromatic nitrogens is 1. The molecule has 2 atom stereocenters. The van der Waals surface area contributed by atoms with Crippen LogP contribution in [0.3, 0.4) is 0 Å². The molecule has 1 aromatic heterocycles. The minimum atomic E-state index is -0.193. The van der Waals surface area contributed by atoms with Crippen molar-refractivity contribution in [1.29, 1.82) is 0 Å². The average Bonchev–Trinajstić information content (AvgIpc) is 3.12. The predicted octanol–water partition coefficient (Wildman–Crippen LogP) is 2.24. The van der Waals surface area contributed by atoms with Crippen molar-refractivity contribution >= 4 is 17.2 Å². The lowest BCUT2D eigenvalue weighted by molar-refractivity contribution is 0.0432. The number of hydrogen-bond acceptors (Lipinski definition) is 4. The maximum atomic E-state index is 13.3. The molecule has 114 valence electrons. The molecule has 3 heterocycles. The van der Waals surface area contributed by atoms with Gasteiger partial charge in [-0.05, 0) is 17.7 Å². The lowest BCUT2D eigenvalue weighted by atomic mass is 9.91. The van der Waals surface area contributed by atoms with Gasteiger partial charge in [0, 0.05) is 43.5 Å². The molecule has 2 fully saturated rings. The maximum absolute atomic E-state index is 13.3. The standard InChI is InChI=1S/C16H16FN3OS/c17-13-3-1-2-11(4-13)5-19-6-12-7-20(8-15(12)19)16(21)14-9-22-10-18-14/h1-4,9-10,12,15H,5-8H2/t12-,15+/m1/s1. The Labute approximate surface area is 132 Å². The van der Waals surface area contributed by atoms with Crippen molar-refractivity contribution in [2.45, 2.75) is 12.6 Å². The molecule has 6 heteroatoms. The van der Waals surface area contributed by atoms with Crippen molar-refractivity contribution in [2.75, 3.05) is 19.6 Å². The summed E-state index contributed by atoms with van der Waals surface area (Å²) in [6, 6.07) is 7.14. The van der Waals surface area contributed by atoms with Crippen molar-refractivity contribution in [2.24, 2.45) is 5.92 Å². The van der Waals surface area contributed by atoms with E-state index in [1.165, 1.54) is 17.4 Å². The second-order valence-electron chi connectivity index (χ2n) is 5.97. The Morgan fingerprint density at radius 2 is 2.27 bits per heavy atom. The van der Waals surface area contributed by atoms with Crippen molar-refractivity contribution in [3.05, 3.63) is 52.2 Å². The van der Waals surface area contributed by atoms with Crippen molar-refractivity contribution in [3.8, 4) is 0 Å². The van der Waals surface area contributed by atoms with Gasteiger partial charge in [-0.2, -0.15) is 0 Å². The molecule has 0 N–H and O–H groups in total. The zero-order valence-electron chi connectivity index (χ0n) is 12.0. The number of likely N-dealkylation sites (tertiary alicyclic amines) is 2. The van der Waals surface area contributed by atoms with Crippen LogP contribution < -0.4 is 0 Å². The number of carbonyl (C=O) groups excluding carboxylic acids is 1. The molecular weight excluding hydrogens is 301 g/mol. The second kappa shape index (κ2) is 5.44. The molecule has 22 heavy (non-hydrogen) atoms. The van der Waals surface area contributed by atoms with Gasteiger partial charge < -0.3 is 4.90 Å². The van der Waals surface area contributed by atoms with Gasteiger partial charge in [0.1, 0.15) is 11.5 Å². The number of halogens is 1. The van der Waals surface area contributed by atoms with Gasteiger partial charge in [-0.1, -0.05) is 12.1 Å². The van der Waals surface area contributed by atoms with E-state index in [0.29, 0.717) is 17.7 Å². The first-order valence-corrected chi connectivity index (χ1v) is 8.31. The van der Waals surface area contributed by atoms with Gasteiger partial charge in [-0.15, -0.1) is 11.3 Å². The molecule has 4 nitrogen and oxygen atoms in total. The lowest BCUT2D eigenvalue weighted by Crippen LogP contribution is -2.54. The number of carbonyl (C=O) groups is 1. The molecule has 2 aliphatic heterocycles. The quantitative estimate of drug-likeness (QED) is 0.871. The summed E-state index contributed by atoms with van der Waals surface area (Å²) in [5.41, 5.74) is 3.22. The Kier molecular flexibility index (Phi) is 3.43. The van der Waals surface area contributed by atoms with Crippen molar-refractivity contribution < 1.29 is 9.18 Å². The summed E-state index contributed by atoms with van der Waals surface area (Å²) in [6.07, 6.45) is 0. The summed E-state index contributed by atoms with van der Waals surface area (Å²) in [4.78, 5) is 20.7. The number of nitrogens with zero attached hydrogens (tertiary/aromatic N) is 3. The Morgan fingerprint density at radius 1 is 1.36 bits per heavy atom. The summed E-state index contributed by atoms with van der Waals surface area (Å²) in [7, 11) is 0. The van der Waals surface area contributed by atoms with Crippen LogP contribution in [0.1, 0.15) is 16.1 Å². The van der Waals surface area contributed by atoms with Crippen LogP contribution in [0, 0.1) is 11.7 Å². The number of thiazole rings is 1. The third kappa shape index (κ3) is 2.42. The van der Waals surface area contributed by atoms with Crippen molar-refractivity contribution in [1.82, 2.24) is 14.8 Å². The molecule has 2 saturated heterocycles. The number of fused-ring (bicyclic) bond motifs is 1. The summed E-state index contributed by atoms with van der Waals surface area (Å²) in [6.45, 7) is 3.27. The highest BCUT2D eigenvalue weighted by atomic mass is 32.1. The third-order valence-corrected chi connectivity index (χ3v) is 5.14. The average molecular weight is 317 g/mol. The minimum Gasteiger partial charge on any atom is -0.335 e. The number of benzene rings is 1. The first-order chi connectivity index (χ1) is 10.7. The van der Waals surface area contributed by atoms with E-state index < -0.39 is 0 Å². The highest BCUT2D eigenvalue weighted by Gasteiger charge is 2.46. The van der Waals surface area contributed by atoms with E-state index in [1.54, 1.807) is 23.0 Å². The van der Waals surface area contributed by atoms with E-state index in [0.717, 1.165) is 31.7 Å². The number of hydrogen-bond donors (Lipinski definition) is 0. The smallest absolute Gasteiger partial charge is 0.273 e. The molecule has 2 aromatic rings. The van der Waals surface area contributed by atoms with Crippen LogP contribution >= 0.6 is 11.3 Å². The summed E-state index contributed by atoms with van der Waals surface area (Å²) < 4.78 is 13.3. The fourth-order valence-corrected chi connectivity index (χ4v) is 3.97. The highest BCUT2D eigenvalue weighted by molar-refractivity contribution is 7.07. The Hall–Kier alpha value is -1.79. The highest BCUT2D eigenvalue weighted by Crippen LogP contribution is 2.34. The van der Waals surface area contributed by atoms with E-state index in [-0.39, 0.29) is 11.7 Å². The van der Waals surface area contributed by atoms with E-state index in [1.807, 2.05) is 11.0 Å². The molecule has 1 aromatic carbocycles. The molecular formula is C16H16FN3OS. The van der Waals surface area contributed by atoms with Gasteiger partial charge in [0.25, 0.3) is 5.91 Å². The van der Waals surface area contributed by atoms with Crippen LogP contribution in [0.15, 0.2) is 35.2 Å². The summed E-state index contributed by atoms with van der Waals surface area (Å²) in [5, 5.41) is 1.80. The largest absolute Gasteiger partial charge is 0.335 e. The van der Waals surface area contributed by atoms with E-state index in [4.69, 9.17) is 0 Å². The van der Waals surface area contributed by atoms with Crippen molar-refractivity contribution in [3.63, 3.8) is 0 Å². The number of rotatable bonds is 3. The van der Waals surface area contributed by atoms with Crippen LogP contribution in [0.2, 0.25) is 0 Å². The second-order valence-corrected chi connectivity index (χ2v) is 6.69. The topological polar surface area (TPSA) is 36.4 Å². The molecule has 2 aliphatic rings. The monoisotopic (exact) mass is 317 g/mol. The van der Waals surface area contributed by atoms with Crippen LogP contribution in [-0.4, -0.2) is 46.4 Å². The van der Waals surface area contributed by atoms with Gasteiger partial charge in [0.05, 0.1) is 5.51 Å². The molecule has 0 unspecified atom stereocenters. The summed E-state index contributed by atoms with van der Waals surface area (Å²) in [5.74, 6) is 0.374. The third-order valence-electron chi connectivity index (χ3n) is 4.56. The van der Waals surface area contributed by atoms with Crippen LogP contribution in [0.5, 0.6) is 0 Å². The van der Waals surface area contributed by atoms with Crippen LogP contribution in [-0.2, 0) is 6.54 Å². The molecule has 0 spiro atoms. The SMILES string of the molecule is O=C(c1cscn1)N1C[C@H]2CN(Cc3cccc(F)c3)[C@H]2C1. The molecule has 4 rings (SSSR count). The van der Waals surface area contributed by atoms with Gasteiger partial charge in [-0.3, -0.25) is 9.69 Å². The molecule has 0 radical (unpaired) electrons. The van der Waals surface area contributed by atoms with Gasteiger partial charge >= 0.3 is 0 Å². The minimum absolute atomic E-state index is 0.0290. The molecule has 0 bridgehead atoms. The van der Waals surface area contributed by atoms with Gasteiger partial charge in [-0.25, -0.2) is 9.37 Å². The molecule has 1 amide bonds. The number of amides is 1. The summed E-state index contributed by atoms with van der Waals surface area (Å²) >= 11 is 1.44. The van der Waals surface area contributed by atoms with Gasteiger partial charge in [0.2, 0.25) is 0 Å². The molecule has 0 saturated carbocycles. The van der Waals surface area contributed by atoms with Gasteiger partial charge in [0.15, 0.2) is 0 Å². The van der Waals surface area contributed by atoms with E-state index in [9.17, 15) is 9.18 Å². The zero-order valence-corrected chi connectivity index (χ0v) is 12.8. The Bertz CT molecular complexity index is 690.